The Morgan fingerprint density at radius 3 is 2.47 bits per heavy atom. The fraction of sp³-hybridized carbons (Fsp3) is 0.0833. The van der Waals surface area contributed by atoms with E-state index in [4.69, 9.17) is 16.3 Å². The number of hydrogen-bond acceptors (Lipinski definition) is 2. The summed E-state index contributed by atoms with van der Waals surface area (Å²) < 4.78 is 43.1. The molecule has 2 rings (SSSR count). The van der Waals surface area contributed by atoms with Crippen LogP contribution in [0.15, 0.2) is 41.0 Å². The highest BCUT2D eigenvalue weighted by Crippen LogP contribution is 2.33. The second kappa shape index (κ2) is 5.38. The minimum atomic E-state index is -4.42. The summed E-state index contributed by atoms with van der Waals surface area (Å²) in [7, 11) is 0. The zero-order valence-corrected chi connectivity index (χ0v) is 11.6. The van der Waals surface area contributed by atoms with Crippen molar-refractivity contribution < 1.29 is 17.9 Å². The van der Waals surface area contributed by atoms with Crippen LogP contribution in [0.3, 0.4) is 0 Å². The fourth-order valence-electron chi connectivity index (χ4n) is 1.28. The molecule has 100 valence electrons. The van der Waals surface area contributed by atoms with Crippen molar-refractivity contribution in [3.63, 3.8) is 0 Å². The van der Waals surface area contributed by atoms with Crippen molar-refractivity contribution in [2.45, 2.75) is 6.18 Å². The van der Waals surface area contributed by atoms with Crippen molar-refractivity contribution in [1.82, 2.24) is 4.98 Å². The number of hydrogen-bond donors (Lipinski definition) is 0. The Morgan fingerprint density at radius 2 is 1.89 bits per heavy atom. The van der Waals surface area contributed by atoms with Gasteiger partial charge in [-0.25, -0.2) is 4.98 Å². The molecule has 0 N–H and O–H groups in total. The Balaban J connectivity index is 2.22. The monoisotopic (exact) mass is 351 g/mol. The van der Waals surface area contributed by atoms with Crippen molar-refractivity contribution >= 4 is 27.5 Å². The molecular weight excluding hydrogens is 346 g/mol. The third-order valence-electron chi connectivity index (χ3n) is 2.17. The van der Waals surface area contributed by atoms with E-state index in [1.54, 1.807) is 18.2 Å². The highest BCUT2D eigenvalue weighted by molar-refractivity contribution is 9.10. The van der Waals surface area contributed by atoms with Gasteiger partial charge in [-0.15, -0.1) is 0 Å². The number of benzene rings is 1. The summed E-state index contributed by atoms with van der Waals surface area (Å²) in [5.74, 6) is 0.344. The first kappa shape index (κ1) is 14.1. The third-order valence-corrected chi connectivity index (χ3v) is 2.98. The number of aromatic nitrogens is 1. The Bertz CT molecular complexity index is 587. The van der Waals surface area contributed by atoms with Crippen molar-refractivity contribution in [1.29, 1.82) is 0 Å². The van der Waals surface area contributed by atoms with Gasteiger partial charge in [-0.2, -0.15) is 13.2 Å². The molecule has 2 aromatic rings. The van der Waals surface area contributed by atoms with Gasteiger partial charge in [0.25, 0.3) is 0 Å². The number of halogens is 5. The summed E-state index contributed by atoms with van der Waals surface area (Å²) in [6.07, 6.45) is -3.71. The molecule has 0 aliphatic carbocycles. The summed E-state index contributed by atoms with van der Waals surface area (Å²) in [6, 6.07) is 6.95. The van der Waals surface area contributed by atoms with Gasteiger partial charge in [-0.3, -0.25) is 0 Å². The SMILES string of the molecule is FC(F)(F)c1ccc(Oc2cc(Br)ccc2Cl)nc1. The minimum Gasteiger partial charge on any atom is -0.437 e. The van der Waals surface area contributed by atoms with Gasteiger partial charge in [0.05, 0.1) is 10.6 Å². The Kier molecular flexibility index (Phi) is 4.01. The quantitative estimate of drug-likeness (QED) is 0.731. The molecular formula is C12H6BrClF3NO. The lowest BCUT2D eigenvalue weighted by Gasteiger charge is -2.09. The van der Waals surface area contributed by atoms with Gasteiger partial charge in [0, 0.05) is 16.7 Å². The molecule has 0 aliphatic rings. The van der Waals surface area contributed by atoms with E-state index in [-0.39, 0.29) is 5.88 Å². The molecule has 7 heteroatoms. The summed E-state index contributed by atoms with van der Waals surface area (Å²) in [4.78, 5) is 3.60. The predicted molar refractivity (Wildman–Crippen MR) is 68.5 cm³/mol. The van der Waals surface area contributed by atoms with Crippen LogP contribution in [0.5, 0.6) is 11.6 Å². The van der Waals surface area contributed by atoms with Crippen LogP contribution in [0.4, 0.5) is 13.2 Å². The number of ether oxygens (including phenoxy) is 1. The molecule has 0 saturated heterocycles. The lowest BCUT2D eigenvalue weighted by molar-refractivity contribution is -0.137. The molecule has 1 aromatic heterocycles. The molecule has 0 saturated carbocycles. The van der Waals surface area contributed by atoms with E-state index < -0.39 is 11.7 Å². The topological polar surface area (TPSA) is 22.1 Å². The minimum absolute atomic E-state index is 0.0352. The van der Waals surface area contributed by atoms with Crippen LogP contribution < -0.4 is 4.74 Å². The van der Waals surface area contributed by atoms with Crippen LogP contribution in [0.1, 0.15) is 5.56 Å². The molecule has 0 fully saturated rings. The molecule has 2 nitrogen and oxygen atoms in total. The predicted octanol–water partition coefficient (Wildman–Crippen LogP) is 5.31. The Hall–Kier alpha value is -1.27. The van der Waals surface area contributed by atoms with Gasteiger partial charge in [0.2, 0.25) is 5.88 Å². The number of rotatable bonds is 2. The van der Waals surface area contributed by atoms with Gasteiger partial charge in [-0.1, -0.05) is 27.5 Å². The number of nitrogens with zero attached hydrogens (tertiary/aromatic N) is 1. The van der Waals surface area contributed by atoms with Gasteiger partial charge in [0.1, 0.15) is 5.75 Å². The highest BCUT2D eigenvalue weighted by Gasteiger charge is 2.30. The van der Waals surface area contributed by atoms with Crippen LogP contribution >= 0.6 is 27.5 Å². The van der Waals surface area contributed by atoms with Crippen LogP contribution in [0.25, 0.3) is 0 Å². The lowest BCUT2D eigenvalue weighted by atomic mass is 10.3. The van der Waals surface area contributed by atoms with Gasteiger partial charge >= 0.3 is 6.18 Å². The summed E-state index contributed by atoms with van der Waals surface area (Å²) in [5.41, 5.74) is -0.833. The molecule has 0 amide bonds. The van der Waals surface area contributed by atoms with Crippen LogP contribution in [0, 0.1) is 0 Å². The largest absolute Gasteiger partial charge is 0.437 e. The van der Waals surface area contributed by atoms with Gasteiger partial charge in [0.15, 0.2) is 0 Å². The molecule has 0 unspecified atom stereocenters. The average Bonchev–Trinajstić information content (AvgIpc) is 2.33. The highest BCUT2D eigenvalue weighted by atomic mass is 79.9. The zero-order chi connectivity index (χ0) is 14.0. The van der Waals surface area contributed by atoms with E-state index in [1.165, 1.54) is 0 Å². The van der Waals surface area contributed by atoms with E-state index in [1.807, 2.05) is 0 Å². The fourth-order valence-corrected chi connectivity index (χ4v) is 1.77. The second-order valence-corrected chi connectivity index (χ2v) is 4.88. The molecule has 1 aromatic carbocycles. The van der Waals surface area contributed by atoms with Crippen molar-refractivity contribution in [2.24, 2.45) is 0 Å². The second-order valence-electron chi connectivity index (χ2n) is 3.56. The van der Waals surface area contributed by atoms with E-state index in [0.717, 1.165) is 16.6 Å². The standard InChI is InChI=1S/C12H6BrClF3NO/c13-8-2-3-9(14)10(5-8)19-11-4-1-7(6-18-11)12(15,16)17/h1-6H. The maximum Gasteiger partial charge on any atom is 0.417 e. The van der Waals surface area contributed by atoms with Crippen molar-refractivity contribution in [3.05, 3.63) is 51.6 Å². The molecule has 19 heavy (non-hydrogen) atoms. The van der Waals surface area contributed by atoms with Gasteiger partial charge < -0.3 is 4.74 Å². The average molecular weight is 353 g/mol. The molecule has 0 spiro atoms. The third kappa shape index (κ3) is 3.61. The molecule has 1 heterocycles. The zero-order valence-electron chi connectivity index (χ0n) is 9.21. The van der Waals surface area contributed by atoms with E-state index in [9.17, 15) is 13.2 Å². The molecule has 0 atom stereocenters. The maximum atomic E-state index is 12.4. The van der Waals surface area contributed by atoms with E-state index in [0.29, 0.717) is 17.0 Å². The smallest absolute Gasteiger partial charge is 0.417 e. The molecule has 0 aliphatic heterocycles. The van der Waals surface area contributed by atoms with Gasteiger partial charge in [-0.05, 0) is 24.3 Å². The first-order valence-corrected chi connectivity index (χ1v) is 6.19. The first-order valence-electron chi connectivity index (χ1n) is 5.02. The summed E-state index contributed by atoms with van der Waals surface area (Å²) in [6.45, 7) is 0. The van der Waals surface area contributed by atoms with Crippen molar-refractivity contribution in [2.75, 3.05) is 0 Å². The number of alkyl halides is 3. The van der Waals surface area contributed by atoms with Crippen molar-refractivity contribution in [3.8, 4) is 11.6 Å². The van der Waals surface area contributed by atoms with E-state index in [2.05, 4.69) is 20.9 Å². The Labute approximate surface area is 120 Å². The maximum absolute atomic E-state index is 12.4. The molecule has 0 bridgehead atoms. The normalized spacial score (nSPS) is 11.4. The first-order chi connectivity index (χ1) is 8.86. The van der Waals surface area contributed by atoms with Crippen LogP contribution in [0.2, 0.25) is 5.02 Å². The summed E-state index contributed by atoms with van der Waals surface area (Å²) >= 11 is 9.14. The Morgan fingerprint density at radius 1 is 1.16 bits per heavy atom. The summed E-state index contributed by atoms with van der Waals surface area (Å²) in [5, 5.41) is 0.338. The van der Waals surface area contributed by atoms with E-state index >= 15 is 0 Å². The molecule has 0 radical (unpaired) electrons. The number of pyridine rings is 1. The van der Waals surface area contributed by atoms with Crippen LogP contribution in [-0.4, -0.2) is 4.98 Å². The van der Waals surface area contributed by atoms with Crippen LogP contribution in [-0.2, 0) is 6.18 Å². The lowest BCUT2D eigenvalue weighted by Crippen LogP contribution is -2.05.